The van der Waals surface area contributed by atoms with Crippen LogP contribution in [0.25, 0.3) is 0 Å². The van der Waals surface area contributed by atoms with Gasteiger partial charge in [-0.3, -0.25) is 4.79 Å². The molecule has 2 atom stereocenters. The van der Waals surface area contributed by atoms with Gasteiger partial charge in [-0.15, -0.1) is 0 Å². The van der Waals surface area contributed by atoms with Crippen molar-refractivity contribution in [2.45, 2.75) is 62.1 Å². The number of hydrogen-bond acceptors (Lipinski definition) is 3. The maximum absolute atomic E-state index is 14.1. The van der Waals surface area contributed by atoms with Crippen LogP contribution in [0.3, 0.4) is 0 Å². The third kappa shape index (κ3) is 3.74. The van der Waals surface area contributed by atoms with Gasteiger partial charge >= 0.3 is 0 Å². The molecule has 2 aliphatic rings. The van der Waals surface area contributed by atoms with E-state index in [-0.39, 0.29) is 16.2 Å². The molecule has 1 fully saturated rings. The second-order valence-corrected chi connectivity index (χ2v) is 12.9. The average Bonchev–Trinajstić information content (AvgIpc) is 3.08. The molecule has 2 aromatic rings. The lowest BCUT2D eigenvalue weighted by Gasteiger charge is -2.43. The normalized spacial score (nSPS) is 23.4. The lowest BCUT2D eigenvalue weighted by Crippen LogP contribution is -2.52. The molecular weight excluding hydrogens is 481 g/mol. The molecule has 0 aromatic heterocycles. The van der Waals surface area contributed by atoms with Crippen molar-refractivity contribution in [3.8, 4) is 0 Å². The van der Waals surface area contributed by atoms with Crippen LogP contribution in [0.2, 0.25) is 0 Å². The number of halogens is 2. The van der Waals surface area contributed by atoms with E-state index in [0.29, 0.717) is 32.2 Å². The van der Waals surface area contributed by atoms with Crippen LogP contribution < -0.4 is 0 Å². The van der Waals surface area contributed by atoms with Crippen LogP contribution in [0.1, 0.15) is 51.2 Å². The van der Waals surface area contributed by atoms with Gasteiger partial charge < -0.3 is 4.90 Å². The Bertz CT molecular complexity index is 1120. The molecule has 2 unspecified atom stereocenters. The summed E-state index contributed by atoms with van der Waals surface area (Å²) in [6.07, 6.45) is 1.99. The van der Waals surface area contributed by atoms with E-state index in [1.807, 2.05) is 39.0 Å². The third-order valence-corrected chi connectivity index (χ3v) is 9.50. The number of fused-ring (bicyclic) bond motifs is 3. The molecule has 31 heavy (non-hydrogen) atoms. The SMILES string of the molecule is CC(C)(C)CC(=O)N1CCC2(S(=O)(=O)c3ccc(F)cc3)c3ccc(Br)cc3CCC12. The van der Waals surface area contributed by atoms with Gasteiger partial charge in [-0.2, -0.15) is 0 Å². The summed E-state index contributed by atoms with van der Waals surface area (Å²) in [6.45, 7) is 6.43. The molecule has 1 aliphatic carbocycles. The fraction of sp³-hybridized carbons (Fsp3) is 0.458. The van der Waals surface area contributed by atoms with E-state index in [2.05, 4.69) is 15.9 Å². The van der Waals surface area contributed by atoms with Gasteiger partial charge in [0.2, 0.25) is 5.91 Å². The highest BCUT2D eigenvalue weighted by molar-refractivity contribution is 9.10. The average molecular weight is 508 g/mol. The Balaban J connectivity index is 1.88. The van der Waals surface area contributed by atoms with Crippen LogP contribution >= 0.6 is 15.9 Å². The molecule has 1 amide bonds. The van der Waals surface area contributed by atoms with Gasteiger partial charge in [-0.05, 0) is 72.2 Å². The first kappa shape index (κ1) is 22.5. The van der Waals surface area contributed by atoms with Crippen molar-refractivity contribution in [2.75, 3.05) is 6.54 Å². The Labute approximate surface area is 191 Å². The summed E-state index contributed by atoms with van der Waals surface area (Å²) in [4.78, 5) is 15.1. The molecule has 4 rings (SSSR count). The second-order valence-electron chi connectivity index (χ2n) is 9.78. The number of hydrogen-bond donors (Lipinski definition) is 0. The summed E-state index contributed by atoms with van der Waals surface area (Å²) in [5.74, 6) is -0.483. The highest BCUT2D eigenvalue weighted by Gasteiger charge is 2.60. The number of likely N-dealkylation sites (tertiary alicyclic amines) is 1. The van der Waals surface area contributed by atoms with Crippen LogP contribution in [0.15, 0.2) is 51.8 Å². The van der Waals surface area contributed by atoms with Crippen LogP contribution in [0, 0.1) is 11.2 Å². The Hall–Kier alpha value is -1.73. The molecule has 0 radical (unpaired) electrons. The van der Waals surface area contributed by atoms with Gasteiger partial charge in [0.1, 0.15) is 10.6 Å². The molecular formula is C24H27BrFNO3S. The van der Waals surface area contributed by atoms with Crippen LogP contribution in [-0.4, -0.2) is 31.8 Å². The zero-order valence-electron chi connectivity index (χ0n) is 18.0. The summed E-state index contributed by atoms with van der Waals surface area (Å²) < 4.78 is 41.5. The number of aryl methyl sites for hydroxylation is 1. The van der Waals surface area contributed by atoms with Crippen molar-refractivity contribution >= 4 is 31.7 Å². The van der Waals surface area contributed by atoms with E-state index in [4.69, 9.17) is 0 Å². The molecule has 1 heterocycles. The topological polar surface area (TPSA) is 54.5 Å². The van der Waals surface area contributed by atoms with E-state index >= 15 is 0 Å². The maximum atomic E-state index is 14.1. The smallest absolute Gasteiger partial charge is 0.223 e. The van der Waals surface area contributed by atoms with Crippen molar-refractivity contribution in [1.82, 2.24) is 4.90 Å². The van der Waals surface area contributed by atoms with Crippen molar-refractivity contribution in [2.24, 2.45) is 5.41 Å². The maximum Gasteiger partial charge on any atom is 0.223 e. The Morgan fingerprint density at radius 1 is 1.19 bits per heavy atom. The molecule has 1 saturated heterocycles. The molecule has 2 aromatic carbocycles. The minimum Gasteiger partial charge on any atom is -0.338 e. The number of sulfone groups is 1. The highest BCUT2D eigenvalue weighted by atomic mass is 79.9. The summed E-state index contributed by atoms with van der Waals surface area (Å²) in [6, 6.07) is 10.3. The minimum atomic E-state index is -3.89. The van der Waals surface area contributed by atoms with Crippen LogP contribution in [0.5, 0.6) is 0 Å². The van der Waals surface area contributed by atoms with Crippen molar-refractivity contribution in [3.63, 3.8) is 0 Å². The monoisotopic (exact) mass is 507 g/mol. The fourth-order valence-electron chi connectivity index (χ4n) is 5.17. The lowest BCUT2D eigenvalue weighted by atomic mass is 9.78. The lowest BCUT2D eigenvalue weighted by molar-refractivity contribution is -0.134. The Morgan fingerprint density at radius 3 is 2.52 bits per heavy atom. The summed E-state index contributed by atoms with van der Waals surface area (Å²) in [5, 5.41) is 0. The number of carbonyl (C=O) groups is 1. The van der Waals surface area contributed by atoms with E-state index in [1.165, 1.54) is 24.3 Å². The third-order valence-electron chi connectivity index (χ3n) is 6.45. The Kier molecular flexibility index (Phi) is 5.58. The predicted octanol–water partition coefficient (Wildman–Crippen LogP) is 5.24. The first-order chi connectivity index (χ1) is 14.5. The molecule has 1 aliphatic heterocycles. The van der Waals surface area contributed by atoms with E-state index < -0.39 is 26.4 Å². The molecule has 0 N–H and O–H groups in total. The van der Waals surface area contributed by atoms with E-state index in [9.17, 15) is 17.6 Å². The predicted molar refractivity (Wildman–Crippen MR) is 122 cm³/mol. The van der Waals surface area contributed by atoms with Gasteiger partial charge in [-0.1, -0.05) is 42.8 Å². The minimum absolute atomic E-state index is 0.00533. The highest BCUT2D eigenvalue weighted by Crippen LogP contribution is 2.53. The number of rotatable bonds is 3. The molecule has 166 valence electrons. The van der Waals surface area contributed by atoms with Gasteiger partial charge in [0.15, 0.2) is 9.84 Å². The molecule has 0 saturated carbocycles. The molecule has 0 bridgehead atoms. The largest absolute Gasteiger partial charge is 0.338 e. The fourth-order valence-corrected chi connectivity index (χ4v) is 7.95. The quantitative estimate of drug-likeness (QED) is 0.533. The van der Waals surface area contributed by atoms with E-state index in [0.717, 1.165) is 15.6 Å². The van der Waals surface area contributed by atoms with Gasteiger partial charge in [-0.25, -0.2) is 12.8 Å². The summed E-state index contributed by atoms with van der Waals surface area (Å²) in [5.41, 5.74) is 1.57. The molecule has 4 nitrogen and oxygen atoms in total. The summed E-state index contributed by atoms with van der Waals surface area (Å²) >= 11 is 3.50. The molecule has 7 heteroatoms. The van der Waals surface area contributed by atoms with Gasteiger partial charge in [0.05, 0.1) is 10.9 Å². The standard InChI is InChI=1S/C24H27BrFNO3S/c1-23(2,3)15-22(28)27-13-12-24(31(29,30)19-8-6-18(26)7-9-19)20-10-5-17(25)14-16(20)4-11-21(24)27/h5-10,14,21H,4,11-13,15H2,1-3H3. The number of benzene rings is 2. The van der Waals surface area contributed by atoms with E-state index in [1.54, 1.807) is 4.90 Å². The van der Waals surface area contributed by atoms with Crippen LogP contribution in [-0.2, 0) is 25.8 Å². The number of carbonyl (C=O) groups excluding carboxylic acids is 1. The first-order valence-electron chi connectivity index (χ1n) is 10.5. The number of amides is 1. The van der Waals surface area contributed by atoms with Crippen molar-refractivity contribution in [3.05, 3.63) is 63.9 Å². The molecule has 0 spiro atoms. The van der Waals surface area contributed by atoms with Crippen LogP contribution in [0.4, 0.5) is 4.39 Å². The van der Waals surface area contributed by atoms with Crippen molar-refractivity contribution < 1.29 is 17.6 Å². The van der Waals surface area contributed by atoms with Crippen molar-refractivity contribution in [1.29, 1.82) is 0 Å². The Morgan fingerprint density at radius 2 is 1.87 bits per heavy atom. The summed E-state index contributed by atoms with van der Waals surface area (Å²) in [7, 11) is -3.89. The van der Waals surface area contributed by atoms with Gasteiger partial charge in [0.25, 0.3) is 0 Å². The van der Waals surface area contributed by atoms with Gasteiger partial charge in [0, 0.05) is 17.4 Å². The second kappa shape index (κ2) is 7.69. The zero-order chi connectivity index (χ0) is 22.6. The zero-order valence-corrected chi connectivity index (χ0v) is 20.4. The first-order valence-corrected chi connectivity index (χ1v) is 12.8. The number of nitrogens with zero attached hydrogens (tertiary/aromatic N) is 1.